The minimum Gasteiger partial charge on any atom is -0.321 e. The molecular weight excluding hydrogens is 146 g/mol. The van der Waals surface area contributed by atoms with E-state index in [4.69, 9.17) is 5.73 Å². The Morgan fingerprint density at radius 2 is 2.00 bits per heavy atom. The van der Waals surface area contributed by atoms with Crippen LogP contribution in [-0.2, 0) is 0 Å². The number of nitrogens with two attached hydrogens (primary N) is 1. The van der Waals surface area contributed by atoms with Crippen molar-refractivity contribution in [3.63, 3.8) is 0 Å². The molecule has 0 fully saturated rings. The molecule has 0 spiro atoms. The molecule has 0 aliphatic heterocycles. The van der Waals surface area contributed by atoms with Crippen LogP contribution >= 0.6 is 0 Å². The third-order valence-electron chi connectivity index (χ3n) is 2.05. The van der Waals surface area contributed by atoms with Gasteiger partial charge in [0.2, 0.25) is 0 Å². The van der Waals surface area contributed by atoms with Gasteiger partial charge in [0.25, 0.3) is 0 Å². The largest absolute Gasteiger partial charge is 0.321 e. The van der Waals surface area contributed by atoms with Crippen molar-refractivity contribution < 1.29 is 0 Å². The Hall–Kier alpha value is -1.08. The van der Waals surface area contributed by atoms with Gasteiger partial charge in [-0.1, -0.05) is 49.4 Å². The van der Waals surface area contributed by atoms with Gasteiger partial charge in [-0.05, 0) is 12.0 Å². The molecule has 1 atom stereocenters. The smallest absolute Gasteiger partial charge is 0.0508 e. The number of rotatable bonds is 3. The van der Waals surface area contributed by atoms with Crippen LogP contribution in [0.1, 0.15) is 24.9 Å². The van der Waals surface area contributed by atoms with Crippen molar-refractivity contribution in [1.29, 1.82) is 0 Å². The Morgan fingerprint density at radius 1 is 1.42 bits per heavy atom. The molecule has 0 saturated heterocycles. The van der Waals surface area contributed by atoms with Gasteiger partial charge in [-0.3, -0.25) is 0 Å². The van der Waals surface area contributed by atoms with E-state index < -0.39 is 0 Å². The summed E-state index contributed by atoms with van der Waals surface area (Å²) in [5.74, 6) is 0. The lowest BCUT2D eigenvalue weighted by Crippen LogP contribution is -2.11. The lowest BCUT2D eigenvalue weighted by Gasteiger charge is -2.12. The van der Waals surface area contributed by atoms with Crippen LogP contribution in [0.3, 0.4) is 0 Å². The van der Waals surface area contributed by atoms with E-state index in [1.54, 1.807) is 0 Å². The second kappa shape index (κ2) is 4.07. The van der Waals surface area contributed by atoms with Crippen LogP contribution in [0.25, 0.3) is 0 Å². The van der Waals surface area contributed by atoms with Crippen LogP contribution in [0, 0.1) is 0 Å². The molecule has 0 saturated carbocycles. The lowest BCUT2D eigenvalue weighted by atomic mass is 9.99. The fourth-order valence-corrected chi connectivity index (χ4v) is 1.12. The molecular formula is C11H15N. The maximum Gasteiger partial charge on any atom is 0.0508 e. The summed E-state index contributed by atoms with van der Waals surface area (Å²) in [4.78, 5) is 0. The molecule has 1 nitrogen and oxygen atoms in total. The molecule has 0 heterocycles. The minimum atomic E-state index is -0.00352. The van der Waals surface area contributed by atoms with Crippen molar-refractivity contribution in [3.05, 3.63) is 48.0 Å². The fraction of sp³-hybridized carbons (Fsp3) is 0.273. The Bertz CT molecular complexity index is 251. The van der Waals surface area contributed by atoms with Gasteiger partial charge in [0.15, 0.2) is 0 Å². The van der Waals surface area contributed by atoms with Gasteiger partial charge in [0.05, 0.1) is 6.04 Å². The van der Waals surface area contributed by atoms with E-state index in [9.17, 15) is 0 Å². The number of hydrogen-bond acceptors (Lipinski definition) is 1. The molecule has 64 valence electrons. The Balaban J connectivity index is 2.78. The molecule has 0 amide bonds. The van der Waals surface area contributed by atoms with E-state index in [-0.39, 0.29) is 6.04 Å². The van der Waals surface area contributed by atoms with Gasteiger partial charge in [-0.2, -0.15) is 0 Å². The Labute approximate surface area is 73.9 Å². The normalized spacial score (nSPS) is 12.5. The first-order valence-electron chi connectivity index (χ1n) is 4.24. The Kier molecular flexibility index (Phi) is 3.06. The van der Waals surface area contributed by atoms with Crippen LogP contribution in [-0.4, -0.2) is 0 Å². The van der Waals surface area contributed by atoms with E-state index in [0.717, 1.165) is 17.6 Å². The molecule has 0 radical (unpaired) electrons. The maximum absolute atomic E-state index is 5.95. The molecule has 1 rings (SSSR count). The van der Waals surface area contributed by atoms with E-state index >= 15 is 0 Å². The number of benzene rings is 1. The summed E-state index contributed by atoms with van der Waals surface area (Å²) in [6, 6.07) is 10.1. The average Bonchev–Trinajstić information content (AvgIpc) is 2.17. The first-order valence-corrected chi connectivity index (χ1v) is 4.24. The van der Waals surface area contributed by atoms with Crippen molar-refractivity contribution >= 4 is 0 Å². The zero-order chi connectivity index (χ0) is 8.97. The zero-order valence-corrected chi connectivity index (χ0v) is 7.46. The van der Waals surface area contributed by atoms with Crippen LogP contribution in [0.5, 0.6) is 0 Å². The van der Waals surface area contributed by atoms with Gasteiger partial charge in [0, 0.05) is 0 Å². The first-order chi connectivity index (χ1) is 5.75. The monoisotopic (exact) mass is 161 g/mol. The molecule has 0 aromatic heterocycles. The van der Waals surface area contributed by atoms with Crippen LogP contribution < -0.4 is 5.73 Å². The highest BCUT2D eigenvalue weighted by atomic mass is 14.6. The predicted molar refractivity (Wildman–Crippen MR) is 52.8 cm³/mol. The van der Waals surface area contributed by atoms with Crippen molar-refractivity contribution in [2.45, 2.75) is 19.4 Å². The SMILES string of the molecule is C=C(CC)C(N)c1ccccc1. The maximum atomic E-state index is 5.95. The van der Waals surface area contributed by atoms with E-state index in [2.05, 4.69) is 13.5 Å². The first kappa shape index (κ1) is 9.01. The molecule has 1 aromatic rings. The second-order valence-electron chi connectivity index (χ2n) is 2.90. The molecule has 12 heavy (non-hydrogen) atoms. The highest BCUT2D eigenvalue weighted by Crippen LogP contribution is 2.18. The molecule has 1 heteroatoms. The molecule has 1 unspecified atom stereocenters. The van der Waals surface area contributed by atoms with E-state index in [1.165, 1.54) is 0 Å². The highest BCUT2D eigenvalue weighted by molar-refractivity contribution is 5.25. The highest BCUT2D eigenvalue weighted by Gasteiger charge is 2.06. The molecule has 1 aromatic carbocycles. The second-order valence-corrected chi connectivity index (χ2v) is 2.90. The third kappa shape index (κ3) is 1.95. The topological polar surface area (TPSA) is 26.0 Å². The van der Waals surface area contributed by atoms with Crippen molar-refractivity contribution in [2.24, 2.45) is 5.73 Å². The van der Waals surface area contributed by atoms with Crippen LogP contribution in [0.4, 0.5) is 0 Å². The number of hydrogen-bond donors (Lipinski definition) is 1. The minimum absolute atomic E-state index is 0.00352. The van der Waals surface area contributed by atoms with Crippen molar-refractivity contribution in [1.82, 2.24) is 0 Å². The molecule has 0 aliphatic carbocycles. The molecule has 0 bridgehead atoms. The molecule has 2 N–H and O–H groups in total. The summed E-state index contributed by atoms with van der Waals surface area (Å²) in [6.07, 6.45) is 0.941. The standard InChI is InChI=1S/C11H15N/c1-3-9(2)11(12)10-7-5-4-6-8-10/h4-8,11H,2-3,12H2,1H3. The third-order valence-corrected chi connectivity index (χ3v) is 2.05. The van der Waals surface area contributed by atoms with Gasteiger partial charge in [-0.25, -0.2) is 0 Å². The summed E-state index contributed by atoms with van der Waals surface area (Å²) in [5, 5.41) is 0. The van der Waals surface area contributed by atoms with Crippen molar-refractivity contribution in [2.75, 3.05) is 0 Å². The summed E-state index contributed by atoms with van der Waals surface area (Å²) in [6.45, 7) is 6.00. The van der Waals surface area contributed by atoms with Gasteiger partial charge in [-0.15, -0.1) is 0 Å². The summed E-state index contributed by atoms with van der Waals surface area (Å²) in [5.41, 5.74) is 8.18. The summed E-state index contributed by atoms with van der Waals surface area (Å²) < 4.78 is 0. The average molecular weight is 161 g/mol. The van der Waals surface area contributed by atoms with E-state index in [1.807, 2.05) is 30.3 Å². The predicted octanol–water partition coefficient (Wildman–Crippen LogP) is 2.65. The van der Waals surface area contributed by atoms with Gasteiger partial charge < -0.3 is 5.73 Å². The fourth-order valence-electron chi connectivity index (χ4n) is 1.12. The van der Waals surface area contributed by atoms with E-state index in [0.29, 0.717) is 0 Å². The summed E-state index contributed by atoms with van der Waals surface area (Å²) >= 11 is 0. The van der Waals surface area contributed by atoms with Crippen molar-refractivity contribution in [3.8, 4) is 0 Å². The van der Waals surface area contributed by atoms with Crippen LogP contribution in [0.2, 0.25) is 0 Å². The quantitative estimate of drug-likeness (QED) is 0.678. The van der Waals surface area contributed by atoms with Crippen LogP contribution in [0.15, 0.2) is 42.5 Å². The van der Waals surface area contributed by atoms with Gasteiger partial charge >= 0.3 is 0 Å². The van der Waals surface area contributed by atoms with Gasteiger partial charge in [0.1, 0.15) is 0 Å². The zero-order valence-electron chi connectivity index (χ0n) is 7.46. The summed E-state index contributed by atoms with van der Waals surface area (Å²) in [7, 11) is 0. The molecule has 0 aliphatic rings. The Morgan fingerprint density at radius 3 is 2.50 bits per heavy atom. The lowest BCUT2D eigenvalue weighted by molar-refractivity contribution is 0.805.